The second-order valence-corrected chi connectivity index (χ2v) is 5.26. The van der Waals surface area contributed by atoms with Crippen molar-refractivity contribution < 1.29 is 0 Å². The molecule has 102 valence electrons. The molecule has 0 aromatic heterocycles. The summed E-state index contributed by atoms with van der Waals surface area (Å²) in [5, 5.41) is 3.09. The van der Waals surface area contributed by atoms with Crippen molar-refractivity contribution >= 4 is 39.6 Å². The van der Waals surface area contributed by atoms with Gasteiger partial charge in [0, 0.05) is 10.6 Å². The highest BCUT2D eigenvalue weighted by molar-refractivity contribution is 6.51. The summed E-state index contributed by atoms with van der Waals surface area (Å²) < 4.78 is 0. The van der Waals surface area contributed by atoms with Gasteiger partial charge in [0.25, 0.3) is 0 Å². The highest BCUT2D eigenvalue weighted by atomic mass is 35.5. The lowest BCUT2D eigenvalue weighted by Crippen LogP contribution is -1.87. The van der Waals surface area contributed by atoms with Gasteiger partial charge in [0.2, 0.25) is 0 Å². The highest BCUT2D eigenvalue weighted by Crippen LogP contribution is 2.31. The molecule has 0 saturated carbocycles. The number of hydrogen-bond donors (Lipinski definition) is 0. The molecule has 0 atom stereocenters. The summed E-state index contributed by atoms with van der Waals surface area (Å²) >= 11 is 6.54. The Morgan fingerprint density at radius 3 is 2.33 bits per heavy atom. The van der Waals surface area contributed by atoms with E-state index in [1.54, 1.807) is 0 Å². The molecule has 3 aromatic rings. The van der Waals surface area contributed by atoms with Gasteiger partial charge >= 0.3 is 0 Å². The van der Waals surface area contributed by atoms with Crippen LogP contribution in [0.25, 0.3) is 28.0 Å². The molecule has 0 N–H and O–H groups in total. The molecule has 0 aliphatic rings. The zero-order chi connectivity index (χ0) is 14.7. The molecule has 21 heavy (non-hydrogen) atoms. The minimum absolute atomic E-state index is 0.724. The smallest absolute Gasteiger partial charge is 0.0490 e. The van der Waals surface area contributed by atoms with E-state index in [1.807, 2.05) is 54.6 Å². The maximum absolute atomic E-state index is 6.54. The Morgan fingerprint density at radius 2 is 1.57 bits per heavy atom. The lowest BCUT2D eigenvalue weighted by Gasteiger charge is -2.09. The number of fused-ring (bicyclic) bond motifs is 1. The number of halogens is 1. The zero-order valence-electron chi connectivity index (χ0n) is 11.6. The first-order valence-electron chi connectivity index (χ1n) is 6.86. The van der Waals surface area contributed by atoms with Crippen LogP contribution in [0.4, 0.5) is 0 Å². The maximum atomic E-state index is 6.54. The second kappa shape index (κ2) is 5.99. The summed E-state index contributed by atoms with van der Waals surface area (Å²) in [5.41, 5.74) is 3.17. The van der Waals surface area contributed by atoms with Crippen LogP contribution >= 0.6 is 11.6 Å². The zero-order valence-corrected chi connectivity index (χ0v) is 12.3. The average Bonchev–Trinajstić information content (AvgIpc) is 2.54. The molecule has 0 heterocycles. The van der Waals surface area contributed by atoms with Gasteiger partial charge in [-0.2, -0.15) is 0 Å². The summed E-state index contributed by atoms with van der Waals surface area (Å²) in [4.78, 5) is 0. The van der Waals surface area contributed by atoms with E-state index in [4.69, 9.17) is 11.6 Å². The van der Waals surface area contributed by atoms with Gasteiger partial charge in [-0.15, -0.1) is 0 Å². The largest absolute Gasteiger partial charge is 0.0984 e. The topological polar surface area (TPSA) is 0 Å². The third-order valence-corrected chi connectivity index (χ3v) is 3.84. The van der Waals surface area contributed by atoms with Gasteiger partial charge in [-0.3, -0.25) is 0 Å². The Hall–Kier alpha value is -2.31. The molecule has 0 fully saturated rings. The number of rotatable bonds is 3. The molecule has 1 heteroatoms. The van der Waals surface area contributed by atoms with Gasteiger partial charge in [-0.1, -0.05) is 91.0 Å². The summed E-state index contributed by atoms with van der Waals surface area (Å²) in [7, 11) is 0. The van der Waals surface area contributed by atoms with Crippen LogP contribution in [0.15, 0.2) is 73.3 Å². The molecule has 3 aromatic carbocycles. The van der Waals surface area contributed by atoms with Crippen LogP contribution < -0.4 is 0 Å². The van der Waals surface area contributed by atoms with Crippen molar-refractivity contribution in [2.24, 2.45) is 0 Å². The Kier molecular flexibility index (Phi) is 3.89. The minimum Gasteiger partial charge on any atom is -0.0984 e. The predicted octanol–water partition coefficient (Wildman–Crippen LogP) is 6.22. The van der Waals surface area contributed by atoms with Crippen molar-refractivity contribution in [2.75, 3.05) is 0 Å². The van der Waals surface area contributed by atoms with Crippen molar-refractivity contribution in [1.29, 1.82) is 0 Å². The van der Waals surface area contributed by atoms with Crippen molar-refractivity contribution in [3.05, 3.63) is 90.0 Å². The summed E-state index contributed by atoms with van der Waals surface area (Å²) in [6, 6.07) is 22.5. The Morgan fingerprint density at radius 1 is 0.857 bits per heavy atom. The van der Waals surface area contributed by atoms with E-state index in [-0.39, 0.29) is 0 Å². The maximum Gasteiger partial charge on any atom is 0.0490 e. The van der Waals surface area contributed by atoms with E-state index in [0.29, 0.717) is 0 Å². The molecule has 0 aliphatic carbocycles. The first-order valence-corrected chi connectivity index (χ1v) is 7.24. The van der Waals surface area contributed by atoms with Crippen LogP contribution in [0, 0.1) is 0 Å². The van der Waals surface area contributed by atoms with Crippen LogP contribution in [0.2, 0.25) is 0 Å². The molecule has 0 unspecified atom stereocenters. The van der Waals surface area contributed by atoms with E-state index in [0.717, 1.165) is 21.7 Å². The van der Waals surface area contributed by atoms with Crippen molar-refractivity contribution in [3.8, 4) is 0 Å². The fraction of sp³-hybridized carbons (Fsp3) is 0. The first kappa shape index (κ1) is 13.7. The van der Waals surface area contributed by atoms with Gasteiger partial charge in [0.15, 0.2) is 0 Å². The van der Waals surface area contributed by atoms with Crippen LogP contribution in [-0.4, -0.2) is 0 Å². The summed E-state index contributed by atoms with van der Waals surface area (Å²) in [6.45, 7) is 3.95. The van der Waals surface area contributed by atoms with E-state index in [1.165, 1.54) is 10.8 Å². The highest BCUT2D eigenvalue weighted by Gasteiger charge is 2.07. The molecule has 0 spiro atoms. The van der Waals surface area contributed by atoms with Crippen LogP contribution in [0.1, 0.15) is 16.7 Å². The molecule has 0 amide bonds. The van der Waals surface area contributed by atoms with E-state index in [9.17, 15) is 0 Å². The molecular formula is C20H15Cl. The first-order chi connectivity index (χ1) is 10.3. The normalized spacial score (nSPS) is 11.6. The fourth-order valence-electron chi connectivity index (χ4n) is 2.50. The molecule has 0 bridgehead atoms. The van der Waals surface area contributed by atoms with E-state index >= 15 is 0 Å². The van der Waals surface area contributed by atoms with Crippen molar-refractivity contribution in [2.45, 2.75) is 0 Å². The molecule has 0 radical (unpaired) electrons. The lowest BCUT2D eigenvalue weighted by atomic mass is 9.98. The van der Waals surface area contributed by atoms with Gasteiger partial charge in [0.05, 0.1) is 0 Å². The van der Waals surface area contributed by atoms with Crippen molar-refractivity contribution in [3.63, 3.8) is 0 Å². The van der Waals surface area contributed by atoms with Gasteiger partial charge in [-0.05, 0) is 28.0 Å². The predicted molar refractivity (Wildman–Crippen MR) is 94.2 cm³/mol. The van der Waals surface area contributed by atoms with Crippen LogP contribution in [0.5, 0.6) is 0 Å². The minimum atomic E-state index is 0.724. The molecular weight excluding hydrogens is 276 g/mol. The van der Waals surface area contributed by atoms with E-state index in [2.05, 4.69) is 30.8 Å². The molecule has 3 rings (SSSR count). The van der Waals surface area contributed by atoms with Crippen molar-refractivity contribution in [1.82, 2.24) is 0 Å². The average molecular weight is 291 g/mol. The third kappa shape index (κ3) is 2.76. The Bertz CT molecular complexity index is 814. The van der Waals surface area contributed by atoms with Gasteiger partial charge < -0.3 is 0 Å². The standard InChI is InChI=1S/C20H15Cl/c1-2-17-18-11-7-6-10-16(18)12-13-19(17)20(21)14-15-8-4-3-5-9-15/h2-14H,1H2. The number of hydrogen-bond acceptors (Lipinski definition) is 0. The quantitative estimate of drug-likeness (QED) is 0.502. The second-order valence-electron chi connectivity index (χ2n) is 4.86. The fourth-order valence-corrected chi connectivity index (χ4v) is 2.79. The molecule has 0 aliphatic heterocycles. The molecule has 0 saturated heterocycles. The monoisotopic (exact) mass is 290 g/mol. The summed E-state index contributed by atoms with van der Waals surface area (Å²) in [5.74, 6) is 0. The van der Waals surface area contributed by atoms with Crippen LogP contribution in [0.3, 0.4) is 0 Å². The third-order valence-electron chi connectivity index (χ3n) is 3.53. The van der Waals surface area contributed by atoms with Crippen LogP contribution in [-0.2, 0) is 0 Å². The van der Waals surface area contributed by atoms with Gasteiger partial charge in [-0.25, -0.2) is 0 Å². The SMILES string of the molecule is C=Cc1c(C(Cl)=Cc2ccccc2)ccc2ccccc12. The molecule has 0 nitrogen and oxygen atoms in total. The Balaban J connectivity index is 2.16. The lowest BCUT2D eigenvalue weighted by molar-refractivity contribution is 1.64. The number of benzene rings is 3. The Labute approximate surface area is 130 Å². The van der Waals surface area contributed by atoms with Gasteiger partial charge in [0.1, 0.15) is 0 Å². The van der Waals surface area contributed by atoms with E-state index < -0.39 is 0 Å². The summed E-state index contributed by atoms with van der Waals surface area (Å²) in [6.07, 6.45) is 3.86.